The summed E-state index contributed by atoms with van der Waals surface area (Å²) in [7, 11) is 0. The maximum atomic E-state index is 8.26. The summed E-state index contributed by atoms with van der Waals surface area (Å²) in [6.45, 7) is 0. The molecule has 0 atom stereocenters. The van der Waals surface area contributed by atoms with E-state index in [2.05, 4.69) is 29.3 Å². The lowest BCUT2D eigenvalue weighted by atomic mass is 10.1. The molecular formula is C20H15N3S. The zero-order chi connectivity index (χ0) is 16.5. The molecule has 0 fully saturated rings. The summed E-state index contributed by atoms with van der Waals surface area (Å²) < 4.78 is 2.41. The lowest BCUT2D eigenvalue weighted by Gasteiger charge is -2.03. The molecule has 1 aromatic heterocycles. The van der Waals surface area contributed by atoms with Crippen LogP contribution in [0.25, 0.3) is 20.2 Å². The van der Waals surface area contributed by atoms with Crippen molar-refractivity contribution in [3.8, 4) is 0 Å². The van der Waals surface area contributed by atoms with Gasteiger partial charge in [0.2, 0.25) is 0 Å². The summed E-state index contributed by atoms with van der Waals surface area (Å²) in [5.74, 6) is 0.535. The number of nitrogens with two attached hydrogens (primary N) is 1. The molecule has 1 heterocycles. The zero-order valence-electron chi connectivity index (χ0n) is 12.9. The Kier molecular flexibility index (Phi) is 3.59. The van der Waals surface area contributed by atoms with Gasteiger partial charge in [-0.05, 0) is 12.1 Å². The van der Waals surface area contributed by atoms with Crippen molar-refractivity contribution in [1.82, 2.24) is 0 Å². The molecule has 4 heteroatoms. The Morgan fingerprint density at radius 1 is 0.792 bits per heavy atom. The molecule has 0 aliphatic heterocycles. The normalized spacial score (nSPS) is 11.9. The van der Waals surface area contributed by atoms with Crippen LogP contribution in [0.1, 0.15) is 11.1 Å². The second-order valence-electron chi connectivity index (χ2n) is 5.52. The van der Waals surface area contributed by atoms with Crippen LogP contribution in [0.15, 0.2) is 77.8 Å². The highest BCUT2D eigenvalue weighted by molar-refractivity contribution is 7.25. The van der Waals surface area contributed by atoms with E-state index in [0.29, 0.717) is 5.84 Å². The number of nitrogens with zero attached hydrogens (tertiary/aromatic N) is 1. The molecule has 0 spiro atoms. The average Bonchev–Trinajstić information content (AvgIpc) is 3.00. The van der Waals surface area contributed by atoms with Gasteiger partial charge in [-0.2, -0.15) is 0 Å². The molecule has 0 amide bonds. The third-order valence-corrected chi connectivity index (χ3v) is 5.09. The van der Waals surface area contributed by atoms with E-state index in [1.54, 1.807) is 11.3 Å². The second kappa shape index (κ2) is 5.91. The van der Waals surface area contributed by atoms with Crippen LogP contribution < -0.4 is 5.73 Å². The molecule has 0 saturated carbocycles. The Labute approximate surface area is 143 Å². The zero-order valence-corrected chi connectivity index (χ0v) is 13.7. The quantitative estimate of drug-likeness (QED) is 0.403. The molecule has 116 valence electrons. The van der Waals surface area contributed by atoms with Crippen molar-refractivity contribution in [2.24, 2.45) is 10.7 Å². The van der Waals surface area contributed by atoms with Crippen LogP contribution in [0, 0.1) is 5.41 Å². The molecule has 24 heavy (non-hydrogen) atoms. The van der Waals surface area contributed by atoms with E-state index in [1.807, 2.05) is 48.5 Å². The summed E-state index contributed by atoms with van der Waals surface area (Å²) in [6.07, 6.45) is 0. The van der Waals surface area contributed by atoms with Gasteiger partial charge < -0.3 is 5.73 Å². The molecule has 3 N–H and O–H groups in total. The van der Waals surface area contributed by atoms with E-state index >= 15 is 0 Å². The predicted octanol–water partition coefficient (Wildman–Crippen LogP) is 4.79. The molecule has 4 aromatic rings. The molecule has 4 rings (SSSR count). The molecular weight excluding hydrogens is 314 g/mol. The monoisotopic (exact) mass is 329 g/mol. The summed E-state index contributed by atoms with van der Waals surface area (Å²) in [4.78, 5) is 4.26. The third-order valence-electron chi connectivity index (χ3n) is 3.95. The van der Waals surface area contributed by atoms with E-state index in [0.717, 1.165) is 15.8 Å². The fourth-order valence-electron chi connectivity index (χ4n) is 2.73. The van der Waals surface area contributed by atoms with Gasteiger partial charge in [-0.15, -0.1) is 11.3 Å². The van der Waals surface area contributed by atoms with E-state index in [1.165, 1.54) is 15.5 Å². The van der Waals surface area contributed by atoms with Gasteiger partial charge in [-0.1, -0.05) is 60.7 Å². The van der Waals surface area contributed by atoms with Gasteiger partial charge in [0.1, 0.15) is 5.84 Å². The summed E-state index contributed by atoms with van der Waals surface area (Å²) in [5.41, 5.74) is 7.61. The Morgan fingerprint density at radius 2 is 1.50 bits per heavy atom. The topological polar surface area (TPSA) is 62.2 Å². The highest BCUT2D eigenvalue weighted by atomic mass is 32.1. The van der Waals surface area contributed by atoms with Crippen molar-refractivity contribution >= 4 is 43.2 Å². The number of hydrogen-bond donors (Lipinski definition) is 2. The van der Waals surface area contributed by atoms with Crippen molar-refractivity contribution in [1.29, 1.82) is 5.41 Å². The number of thiophene rings is 1. The van der Waals surface area contributed by atoms with Crippen molar-refractivity contribution in [3.63, 3.8) is 0 Å². The molecule has 3 aromatic carbocycles. The first kappa shape index (κ1) is 14.6. The van der Waals surface area contributed by atoms with Crippen LogP contribution >= 0.6 is 11.3 Å². The van der Waals surface area contributed by atoms with Gasteiger partial charge in [-0.3, -0.25) is 5.41 Å². The van der Waals surface area contributed by atoms with Gasteiger partial charge in [0, 0.05) is 31.3 Å². The lowest BCUT2D eigenvalue weighted by Crippen LogP contribution is -2.15. The van der Waals surface area contributed by atoms with Crippen molar-refractivity contribution in [2.75, 3.05) is 0 Å². The number of rotatable bonds is 2. The first-order chi connectivity index (χ1) is 11.7. The molecule has 0 aliphatic rings. The van der Waals surface area contributed by atoms with Gasteiger partial charge in [-0.25, -0.2) is 4.99 Å². The highest BCUT2D eigenvalue weighted by Gasteiger charge is 2.08. The average molecular weight is 329 g/mol. The minimum absolute atomic E-state index is 0.177. The third kappa shape index (κ3) is 2.57. The highest BCUT2D eigenvalue weighted by Crippen LogP contribution is 2.34. The first-order valence-corrected chi connectivity index (χ1v) is 8.44. The number of amidine groups is 2. The van der Waals surface area contributed by atoms with Crippen LogP contribution in [0.5, 0.6) is 0 Å². The van der Waals surface area contributed by atoms with Crippen LogP contribution in [-0.2, 0) is 0 Å². The minimum atomic E-state index is 0.177. The minimum Gasteiger partial charge on any atom is -0.383 e. The molecule has 0 bridgehead atoms. The second-order valence-corrected chi connectivity index (χ2v) is 6.60. The number of aliphatic imine (C=N–C) groups is 1. The number of fused-ring (bicyclic) bond motifs is 3. The summed E-state index contributed by atoms with van der Waals surface area (Å²) in [6, 6.07) is 23.9. The van der Waals surface area contributed by atoms with Crippen LogP contribution in [-0.4, -0.2) is 11.7 Å². The van der Waals surface area contributed by atoms with Crippen LogP contribution in [0.3, 0.4) is 0 Å². The molecule has 0 saturated heterocycles. The van der Waals surface area contributed by atoms with Gasteiger partial charge in [0.15, 0.2) is 5.84 Å². The Hall–Kier alpha value is -2.98. The fourth-order valence-corrected chi connectivity index (χ4v) is 3.88. The van der Waals surface area contributed by atoms with Gasteiger partial charge >= 0.3 is 0 Å². The maximum Gasteiger partial charge on any atom is 0.154 e. The molecule has 0 unspecified atom stereocenters. The molecule has 3 nitrogen and oxygen atoms in total. The van der Waals surface area contributed by atoms with Crippen molar-refractivity contribution in [3.05, 3.63) is 83.9 Å². The molecule has 0 radical (unpaired) electrons. The van der Waals surface area contributed by atoms with E-state index in [-0.39, 0.29) is 5.84 Å². The Bertz CT molecular complexity index is 1080. The largest absolute Gasteiger partial charge is 0.383 e. The summed E-state index contributed by atoms with van der Waals surface area (Å²) in [5, 5.41) is 10.7. The number of hydrogen-bond acceptors (Lipinski definition) is 2. The number of nitrogens with one attached hydrogen (secondary N) is 1. The van der Waals surface area contributed by atoms with Crippen LogP contribution in [0.2, 0.25) is 0 Å². The Balaban J connectivity index is 1.73. The Morgan fingerprint density at radius 3 is 2.33 bits per heavy atom. The van der Waals surface area contributed by atoms with Crippen LogP contribution in [0.4, 0.5) is 0 Å². The predicted molar refractivity (Wildman–Crippen MR) is 103 cm³/mol. The van der Waals surface area contributed by atoms with E-state index in [9.17, 15) is 0 Å². The SMILES string of the molecule is N=C(N=C(N)c1ccccc1)c1ccc2c(c1)sc1ccccc12. The summed E-state index contributed by atoms with van der Waals surface area (Å²) >= 11 is 1.73. The van der Waals surface area contributed by atoms with E-state index in [4.69, 9.17) is 11.1 Å². The van der Waals surface area contributed by atoms with Crippen molar-refractivity contribution in [2.45, 2.75) is 0 Å². The number of benzene rings is 3. The fraction of sp³-hybridized carbons (Fsp3) is 0. The van der Waals surface area contributed by atoms with Crippen molar-refractivity contribution < 1.29 is 0 Å². The lowest BCUT2D eigenvalue weighted by molar-refractivity contribution is 1.40. The smallest absolute Gasteiger partial charge is 0.154 e. The maximum absolute atomic E-state index is 8.26. The standard InChI is InChI=1S/C20H15N3S/c21-19(13-6-2-1-3-7-13)23-20(22)14-10-11-16-15-8-4-5-9-17(15)24-18(16)12-14/h1-12H,(H3,21,22,23). The van der Waals surface area contributed by atoms with Gasteiger partial charge in [0.25, 0.3) is 0 Å². The van der Waals surface area contributed by atoms with E-state index < -0.39 is 0 Å². The first-order valence-electron chi connectivity index (χ1n) is 7.62. The molecule has 0 aliphatic carbocycles. The van der Waals surface area contributed by atoms with Gasteiger partial charge in [0.05, 0.1) is 0 Å².